The predicted octanol–water partition coefficient (Wildman–Crippen LogP) is 0.548. The van der Waals surface area contributed by atoms with Crippen molar-refractivity contribution in [2.75, 3.05) is 6.61 Å². The van der Waals surface area contributed by atoms with Crippen LogP contribution in [0.5, 0.6) is 0 Å². The first kappa shape index (κ1) is 8.33. The molecule has 1 atom stereocenters. The molecule has 0 heterocycles. The highest BCUT2D eigenvalue weighted by molar-refractivity contribution is 5.84. The maximum absolute atomic E-state index is 8.39. The van der Waals surface area contributed by atoms with Crippen LogP contribution in [-0.4, -0.2) is 23.8 Å². The van der Waals surface area contributed by atoms with Gasteiger partial charge in [0.15, 0.2) is 5.84 Å². The SMILES string of the molecule is CCOC(C(N)=NO)C1CC1. The summed E-state index contributed by atoms with van der Waals surface area (Å²) in [5, 5.41) is 11.3. The average Bonchev–Trinajstić information content (AvgIpc) is 2.81. The minimum atomic E-state index is -0.162. The van der Waals surface area contributed by atoms with Crippen molar-refractivity contribution in [1.29, 1.82) is 0 Å². The van der Waals surface area contributed by atoms with E-state index in [-0.39, 0.29) is 11.9 Å². The van der Waals surface area contributed by atoms with Gasteiger partial charge in [-0.1, -0.05) is 5.16 Å². The van der Waals surface area contributed by atoms with E-state index in [0.717, 1.165) is 12.8 Å². The molecule has 0 aromatic carbocycles. The van der Waals surface area contributed by atoms with Gasteiger partial charge in [0.1, 0.15) is 6.10 Å². The highest BCUT2D eigenvalue weighted by Crippen LogP contribution is 2.34. The van der Waals surface area contributed by atoms with Crippen LogP contribution in [0.2, 0.25) is 0 Å². The molecule has 4 heteroatoms. The van der Waals surface area contributed by atoms with E-state index in [1.807, 2.05) is 6.92 Å². The van der Waals surface area contributed by atoms with E-state index in [2.05, 4.69) is 5.16 Å². The zero-order valence-electron chi connectivity index (χ0n) is 6.66. The zero-order chi connectivity index (χ0) is 8.27. The Bertz CT molecular complexity index is 155. The third-order valence-corrected chi connectivity index (χ3v) is 1.80. The molecule has 0 aromatic heterocycles. The van der Waals surface area contributed by atoms with Crippen LogP contribution < -0.4 is 5.73 Å². The Labute approximate surface area is 66.0 Å². The largest absolute Gasteiger partial charge is 0.409 e. The molecule has 0 aromatic rings. The van der Waals surface area contributed by atoms with E-state index < -0.39 is 0 Å². The van der Waals surface area contributed by atoms with E-state index in [4.69, 9.17) is 15.7 Å². The van der Waals surface area contributed by atoms with Gasteiger partial charge in [-0.05, 0) is 25.7 Å². The molecule has 3 N–H and O–H groups in total. The summed E-state index contributed by atoms with van der Waals surface area (Å²) in [7, 11) is 0. The first-order chi connectivity index (χ1) is 5.29. The highest BCUT2D eigenvalue weighted by Gasteiger charge is 2.34. The molecule has 1 aliphatic carbocycles. The molecular formula is C7H14N2O2. The number of hydrogen-bond acceptors (Lipinski definition) is 3. The molecule has 64 valence electrons. The van der Waals surface area contributed by atoms with Gasteiger partial charge in [0.05, 0.1) is 0 Å². The molecule has 1 aliphatic rings. The molecule has 0 saturated heterocycles. The Morgan fingerprint density at radius 3 is 2.82 bits per heavy atom. The first-order valence-corrected chi connectivity index (χ1v) is 3.88. The first-order valence-electron chi connectivity index (χ1n) is 3.88. The fourth-order valence-corrected chi connectivity index (χ4v) is 1.10. The van der Waals surface area contributed by atoms with Gasteiger partial charge in [-0.25, -0.2) is 0 Å². The van der Waals surface area contributed by atoms with Gasteiger partial charge in [0.2, 0.25) is 0 Å². The van der Waals surface area contributed by atoms with Crippen LogP contribution in [0.3, 0.4) is 0 Å². The van der Waals surface area contributed by atoms with Gasteiger partial charge in [-0.15, -0.1) is 0 Å². The molecule has 11 heavy (non-hydrogen) atoms. The number of ether oxygens (including phenoxy) is 1. The van der Waals surface area contributed by atoms with Gasteiger partial charge in [-0.3, -0.25) is 0 Å². The maximum atomic E-state index is 8.39. The molecule has 1 fully saturated rings. The molecule has 1 saturated carbocycles. The maximum Gasteiger partial charge on any atom is 0.168 e. The highest BCUT2D eigenvalue weighted by atomic mass is 16.5. The van der Waals surface area contributed by atoms with Gasteiger partial charge < -0.3 is 15.7 Å². The fraction of sp³-hybridized carbons (Fsp3) is 0.857. The summed E-state index contributed by atoms with van der Waals surface area (Å²) in [6.07, 6.45) is 2.09. The number of amidine groups is 1. The second kappa shape index (κ2) is 3.57. The van der Waals surface area contributed by atoms with Crippen molar-refractivity contribution >= 4 is 5.84 Å². The normalized spacial score (nSPS) is 21.7. The minimum absolute atomic E-state index is 0.162. The van der Waals surface area contributed by atoms with E-state index in [9.17, 15) is 0 Å². The lowest BCUT2D eigenvalue weighted by Gasteiger charge is -2.13. The molecule has 0 radical (unpaired) electrons. The van der Waals surface area contributed by atoms with Crippen LogP contribution >= 0.6 is 0 Å². The Kier molecular flexibility index (Phi) is 2.70. The van der Waals surface area contributed by atoms with E-state index in [1.165, 1.54) is 0 Å². The van der Waals surface area contributed by atoms with Crippen molar-refractivity contribution in [3.05, 3.63) is 0 Å². The smallest absolute Gasteiger partial charge is 0.168 e. The zero-order valence-corrected chi connectivity index (χ0v) is 6.66. The molecule has 0 bridgehead atoms. The van der Waals surface area contributed by atoms with Crippen LogP contribution in [0.1, 0.15) is 19.8 Å². The Morgan fingerprint density at radius 1 is 1.82 bits per heavy atom. The van der Waals surface area contributed by atoms with Gasteiger partial charge in [-0.2, -0.15) is 0 Å². The molecule has 1 unspecified atom stereocenters. The third-order valence-electron chi connectivity index (χ3n) is 1.80. The van der Waals surface area contributed by atoms with Gasteiger partial charge >= 0.3 is 0 Å². The van der Waals surface area contributed by atoms with E-state index >= 15 is 0 Å². The van der Waals surface area contributed by atoms with Crippen molar-refractivity contribution in [3.63, 3.8) is 0 Å². The van der Waals surface area contributed by atoms with Crippen LogP contribution in [0.25, 0.3) is 0 Å². The van der Waals surface area contributed by atoms with Crippen LogP contribution in [-0.2, 0) is 4.74 Å². The number of nitrogens with two attached hydrogens (primary N) is 1. The molecule has 1 rings (SSSR count). The number of nitrogens with zero attached hydrogens (tertiary/aromatic N) is 1. The monoisotopic (exact) mass is 158 g/mol. The Morgan fingerprint density at radius 2 is 2.45 bits per heavy atom. The third kappa shape index (κ3) is 2.08. The molecule has 0 amide bonds. The second-order valence-electron chi connectivity index (χ2n) is 2.74. The lowest BCUT2D eigenvalue weighted by Crippen LogP contribution is -2.33. The van der Waals surface area contributed by atoms with Crippen molar-refractivity contribution in [3.8, 4) is 0 Å². The molecular weight excluding hydrogens is 144 g/mol. The van der Waals surface area contributed by atoms with Crippen LogP contribution in [0, 0.1) is 5.92 Å². The van der Waals surface area contributed by atoms with Crippen LogP contribution in [0.4, 0.5) is 0 Å². The van der Waals surface area contributed by atoms with E-state index in [1.54, 1.807) is 0 Å². The van der Waals surface area contributed by atoms with Crippen molar-refractivity contribution in [1.82, 2.24) is 0 Å². The molecule has 0 aliphatic heterocycles. The topological polar surface area (TPSA) is 67.8 Å². The summed E-state index contributed by atoms with van der Waals surface area (Å²) in [6.45, 7) is 2.51. The summed E-state index contributed by atoms with van der Waals surface area (Å²) < 4.78 is 5.30. The minimum Gasteiger partial charge on any atom is -0.409 e. The standard InChI is InChI=1S/C7H14N2O2/c1-2-11-6(5-3-4-5)7(8)9-10/h5-6,10H,2-4H2,1H3,(H2,8,9). The van der Waals surface area contributed by atoms with E-state index in [0.29, 0.717) is 12.5 Å². The second-order valence-corrected chi connectivity index (χ2v) is 2.74. The number of hydrogen-bond donors (Lipinski definition) is 2. The molecule has 4 nitrogen and oxygen atoms in total. The summed E-state index contributed by atoms with van der Waals surface area (Å²) in [4.78, 5) is 0. The van der Waals surface area contributed by atoms with Crippen molar-refractivity contribution < 1.29 is 9.94 Å². The quantitative estimate of drug-likeness (QED) is 0.272. The molecule has 0 spiro atoms. The number of rotatable bonds is 4. The lowest BCUT2D eigenvalue weighted by atomic mass is 10.2. The lowest BCUT2D eigenvalue weighted by molar-refractivity contribution is 0.0909. The summed E-state index contributed by atoms with van der Waals surface area (Å²) in [6, 6.07) is 0. The van der Waals surface area contributed by atoms with Gasteiger partial charge in [0, 0.05) is 6.61 Å². The van der Waals surface area contributed by atoms with Crippen molar-refractivity contribution in [2.24, 2.45) is 16.8 Å². The Balaban J connectivity index is 2.44. The average molecular weight is 158 g/mol. The van der Waals surface area contributed by atoms with Gasteiger partial charge in [0.25, 0.3) is 0 Å². The van der Waals surface area contributed by atoms with Crippen molar-refractivity contribution in [2.45, 2.75) is 25.9 Å². The van der Waals surface area contributed by atoms with Crippen LogP contribution in [0.15, 0.2) is 5.16 Å². The fourth-order valence-electron chi connectivity index (χ4n) is 1.10. The summed E-state index contributed by atoms with van der Waals surface area (Å²) in [5.41, 5.74) is 5.42. The summed E-state index contributed by atoms with van der Waals surface area (Å²) in [5.74, 6) is 0.681. The number of oxime groups is 1. The predicted molar refractivity (Wildman–Crippen MR) is 41.5 cm³/mol. The summed E-state index contributed by atoms with van der Waals surface area (Å²) >= 11 is 0. The Hall–Kier alpha value is -0.770.